The van der Waals surface area contributed by atoms with E-state index in [2.05, 4.69) is 27.9 Å². The van der Waals surface area contributed by atoms with E-state index in [0.717, 1.165) is 14.9 Å². The Hall–Kier alpha value is -2.14. The normalized spacial score (nSPS) is 10.2. The molecule has 0 fully saturated rings. The van der Waals surface area contributed by atoms with Gasteiger partial charge in [-0.2, -0.15) is 0 Å². The number of nitrogens with one attached hydrogen (secondary N) is 1. The summed E-state index contributed by atoms with van der Waals surface area (Å²) in [4.78, 5) is 36.3. The molecule has 1 aromatic heterocycles. The molecule has 0 bridgehead atoms. The van der Waals surface area contributed by atoms with E-state index in [1.54, 1.807) is 19.1 Å². The third kappa shape index (κ3) is 4.73. The van der Waals surface area contributed by atoms with Crippen LogP contribution in [-0.2, 0) is 14.3 Å². The van der Waals surface area contributed by atoms with E-state index in [1.165, 1.54) is 14.2 Å². The number of rotatable bonds is 6. The lowest BCUT2D eigenvalue weighted by molar-refractivity contribution is -0.118. The number of hydrogen-bond acceptors (Lipinski definition) is 7. The minimum atomic E-state index is -0.650. The van der Waals surface area contributed by atoms with Crippen LogP contribution in [0, 0.1) is 10.5 Å². The number of esters is 2. The molecule has 0 aliphatic rings. The molecule has 0 aliphatic heterocycles. The lowest BCUT2D eigenvalue weighted by Crippen LogP contribution is -2.21. The summed E-state index contributed by atoms with van der Waals surface area (Å²) in [5, 5.41) is 2.81. The Labute approximate surface area is 167 Å². The quantitative estimate of drug-likeness (QED) is 0.495. The van der Waals surface area contributed by atoms with Gasteiger partial charge in [-0.1, -0.05) is 6.07 Å². The second-order valence-electron chi connectivity index (χ2n) is 5.04. The number of carbonyl (C=O) groups is 3. The molecule has 0 radical (unpaired) electrons. The SMILES string of the molecule is COC(=O)c1sc(NC(=O)COc2cccc(I)c2)c(C(=O)OC)c1C. The summed E-state index contributed by atoms with van der Waals surface area (Å²) < 4.78 is 15.9. The Kier molecular flexibility index (Phi) is 6.98. The van der Waals surface area contributed by atoms with Crippen LogP contribution >= 0.6 is 33.9 Å². The van der Waals surface area contributed by atoms with Crippen LogP contribution in [0.1, 0.15) is 25.6 Å². The van der Waals surface area contributed by atoms with Crippen LogP contribution in [0.4, 0.5) is 5.00 Å². The monoisotopic (exact) mass is 489 g/mol. The van der Waals surface area contributed by atoms with Gasteiger partial charge in [0.2, 0.25) is 0 Å². The second-order valence-corrected chi connectivity index (χ2v) is 7.30. The van der Waals surface area contributed by atoms with Gasteiger partial charge in [0.1, 0.15) is 15.6 Å². The Morgan fingerprint density at radius 3 is 2.46 bits per heavy atom. The lowest BCUT2D eigenvalue weighted by Gasteiger charge is -2.08. The average molecular weight is 489 g/mol. The number of halogens is 1. The highest BCUT2D eigenvalue weighted by Gasteiger charge is 2.26. The minimum Gasteiger partial charge on any atom is -0.484 e. The van der Waals surface area contributed by atoms with E-state index in [0.29, 0.717) is 11.3 Å². The van der Waals surface area contributed by atoms with Crippen molar-refractivity contribution in [3.05, 3.63) is 43.8 Å². The molecule has 7 nitrogen and oxygen atoms in total. The average Bonchev–Trinajstić information content (AvgIpc) is 2.94. The van der Waals surface area contributed by atoms with Gasteiger partial charge in [-0.3, -0.25) is 4.79 Å². The number of carbonyl (C=O) groups excluding carboxylic acids is 3. The van der Waals surface area contributed by atoms with Crippen LogP contribution in [0.15, 0.2) is 24.3 Å². The van der Waals surface area contributed by atoms with Gasteiger partial charge in [0.15, 0.2) is 6.61 Å². The van der Waals surface area contributed by atoms with Crippen LogP contribution in [0.2, 0.25) is 0 Å². The highest BCUT2D eigenvalue weighted by atomic mass is 127. The maximum atomic E-state index is 12.2. The van der Waals surface area contributed by atoms with Crippen LogP contribution in [0.3, 0.4) is 0 Å². The molecule has 0 aliphatic carbocycles. The highest BCUT2D eigenvalue weighted by Crippen LogP contribution is 2.34. The first-order valence-corrected chi connectivity index (χ1v) is 9.25. The van der Waals surface area contributed by atoms with E-state index < -0.39 is 17.8 Å². The third-order valence-electron chi connectivity index (χ3n) is 3.33. The molecule has 1 amide bonds. The van der Waals surface area contributed by atoms with Crippen molar-refractivity contribution in [2.24, 2.45) is 0 Å². The summed E-state index contributed by atoms with van der Waals surface area (Å²) >= 11 is 3.09. The number of benzene rings is 1. The Morgan fingerprint density at radius 2 is 1.85 bits per heavy atom. The van der Waals surface area contributed by atoms with Gasteiger partial charge in [-0.25, -0.2) is 9.59 Å². The number of amides is 1. The van der Waals surface area contributed by atoms with E-state index in [-0.39, 0.29) is 22.0 Å². The van der Waals surface area contributed by atoms with Crippen molar-refractivity contribution in [3.8, 4) is 5.75 Å². The fourth-order valence-corrected chi connectivity index (χ4v) is 3.75. The van der Waals surface area contributed by atoms with Crippen molar-refractivity contribution in [2.45, 2.75) is 6.92 Å². The second kappa shape index (κ2) is 8.99. The number of ether oxygens (including phenoxy) is 3. The molecule has 26 heavy (non-hydrogen) atoms. The molecule has 2 rings (SSSR count). The molecule has 0 saturated heterocycles. The molecule has 1 heterocycles. The summed E-state index contributed by atoms with van der Waals surface area (Å²) in [6, 6.07) is 7.24. The zero-order valence-corrected chi connectivity index (χ0v) is 17.2. The molecule has 0 unspecified atom stereocenters. The summed E-state index contributed by atoms with van der Waals surface area (Å²) in [5.74, 6) is -1.15. The Bertz CT molecular complexity index is 848. The van der Waals surface area contributed by atoms with Gasteiger partial charge in [0.25, 0.3) is 5.91 Å². The van der Waals surface area contributed by atoms with E-state index in [4.69, 9.17) is 14.2 Å². The predicted octanol–water partition coefficient (Wildman–Crippen LogP) is 3.25. The summed E-state index contributed by atoms with van der Waals surface area (Å²) in [7, 11) is 2.47. The van der Waals surface area contributed by atoms with Crippen LogP contribution in [-0.4, -0.2) is 38.7 Å². The Morgan fingerprint density at radius 1 is 1.15 bits per heavy atom. The van der Waals surface area contributed by atoms with Gasteiger partial charge in [-0.15, -0.1) is 11.3 Å². The van der Waals surface area contributed by atoms with Gasteiger partial charge >= 0.3 is 11.9 Å². The van der Waals surface area contributed by atoms with Crippen molar-refractivity contribution < 1.29 is 28.6 Å². The first kappa shape index (κ1) is 20.2. The molecular formula is C17H16INO6S. The fourth-order valence-electron chi connectivity index (χ4n) is 2.11. The molecule has 1 N–H and O–H groups in total. The molecule has 1 aromatic carbocycles. The van der Waals surface area contributed by atoms with Gasteiger partial charge in [0, 0.05) is 3.57 Å². The van der Waals surface area contributed by atoms with Gasteiger partial charge < -0.3 is 19.5 Å². The van der Waals surface area contributed by atoms with E-state index >= 15 is 0 Å². The van der Waals surface area contributed by atoms with Gasteiger partial charge in [0.05, 0.1) is 19.8 Å². The van der Waals surface area contributed by atoms with Crippen molar-refractivity contribution in [3.63, 3.8) is 0 Å². The minimum absolute atomic E-state index is 0.125. The van der Waals surface area contributed by atoms with Crippen molar-refractivity contribution in [1.82, 2.24) is 0 Å². The molecule has 2 aromatic rings. The fraction of sp³-hybridized carbons (Fsp3) is 0.235. The molecular weight excluding hydrogens is 473 g/mol. The van der Waals surface area contributed by atoms with Gasteiger partial charge in [-0.05, 0) is 53.3 Å². The topological polar surface area (TPSA) is 90.9 Å². The van der Waals surface area contributed by atoms with Crippen LogP contribution in [0.5, 0.6) is 5.75 Å². The maximum Gasteiger partial charge on any atom is 0.348 e. The maximum absolute atomic E-state index is 12.2. The van der Waals surface area contributed by atoms with Crippen molar-refractivity contribution in [1.29, 1.82) is 0 Å². The van der Waals surface area contributed by atoms with Crippen molar-refractivity contribution in [2.75, 3.05) is 26.1 Å². The summed E-state index contributed by atoms with van der Waals surface area (Å²) in [5.41, 5.74) is 0.517. The highest BCUT2D eigenvalue weighted by molar-refractivity contribution is 14.1. The molecule has 0 saturated carbocycles. The van der Waals surface area contributed by atoms with Crippen LogP contribution in [0.25, 0.3) is 0 Å². The van der Waals surface area contributed by atoms with Crippen molar-refractivity contribution >= 4 is 56.8 Å². The third-order valence-corrected chi connectivity index (χ3v) is 5.18. The summed E-state index contributed by atoms with van der Waals surface area (Å²) in [6.07, 6.45) is 0. The van der Waals surface area contributed by atoms with E-state index in [1.807, 2.05) is 12.1 Å². The lowest BCUT2D eigenvalue weighted by atomic mass is 10.1. The summed E-state index contributed by atoms with van der Waals surface area (Å²) in [6.45, 7) is 1.35. The number of methoxy groups -OCH3 is 2. The van der Waals surface area contributed by atoms with E-state index in [9.17, 15) is 14.4 Å². The number of hydrogen-bond donors (Lipinski definition) is 1. The largest absolute Gasteiger partial charge is 0.484 e. The first-order chi connectivity index (χ1) is 12.4. The number of anilines is 1. The predicted molar refractivity (Wildman–Crippen MR) is 105 cm³/mol. The molecule has 0 spiro atoms. The smallest absolute Gasteiger partial charge is 0.348 e. The van der Waals surface area contributed by atoms with Crippen LogP contribution < -0.4 is 10.1 Å². The Balaban J connectivity index is 2.17. The molecule has 9 heteroatoms. The zero-order valence-electron chi connectivity index (χ0n) is 14.3. The first-order valence-electron chi connectivity index (χ1n) is 7.35. The standard InChI is InChI=1S/C17H16INO6S/c1-9-13(16(21)23-2)15(26-14(9)17(22)24-3)19-12(20)8-25-11-6-4-5-10(18)7-11/h4-7H,8H2,1-3H3,(H,19,20). The molecule has 0 atom stereocenters. The zero-order chi connectivity index (χ0) is 19.3. The molecule has 138 valence electrons. The number of thiophene rings is 1.